The molecular weight excluding hydrogens is 404 g/mol. The molecule has 2 aliphatic heterocycles. The van der Waals surface area contributed by atoms with Crippen molar-refractivity contribution in [2.75, 3.05) is 0 Å². The first-order chi connectivity index (χ1) is 15.5. The lowest BCUT2D eigenvalue weighted by Crippen LogP contribution is -2.18. The van der Waals surface area contributed by atoms with E-state index in [9.17, 15) is 9.59 Å². The Morgan fingerprint density at radius 3 is 2.62 bits per heavy atom. The molecule has 0 unspecified atom stereocenters. The van der Waals surface area contributed by atoms with Gasteiger partial charge in [0, 0.05) is 11.6 Å². The number of allylic oxidation sites excluding steroid dienone is 1. The van der Waals surface area contributed by atoms with E-state index < -0.39 is 5.97 Å². The molecule has 0 saturated carbocycles. The summed E-state index contributed by atoms with van der Waals surface area (Å²) < 4.78 is 17.3. The second-order valence-corrected chi connectivity index (χ2v) is 7.74. The summed E-state index contributed by atoms with van der Waals surface area (Å²) in [6.45, 7) is 3.77. The van der Waals surface area contributed by atoms with Gasteiger partial charge in [-0.15, -0.1) is 0 Å². The van der Waals surface area contributed by atoms with Crippen molar-refractivity contribution in [2.24, 2.45) is 0 Å². The minimum atomic E-state index is -0.458. The molecule has 2 aliphatic rings. The Bertz CT molecular complexity index is 1320. The van der Waals surface area contributed by atoms with E-state index in [1.807, 2.05) is 56.3 Å². The zero-order valence-electron chi connectivity index (χ0n) is 17.6. The largest absolute Gasteiger partial charge is 0.485 e. The zero-order chi connectivity index (χ0) is 22.2. The fourth-order valence-electron chi connectivity index (χ4n) is 3.77. The number of carbonyl (C=O) groups is 2. The number of para-hydroxylation sites is 1. The summed E-state index contributed by atoms with van der Waals surface area (Å²) in [5.41, 5.74) is 3.53. The van der Waals surface area contributed by atoms with Gasteiger partial charge in [-0.2, -0.15) is 0 Å². The van der Waals surface area contributed by atoms with E-state index in [1.54, 1.807) is 36.4 Å². The number of Topliss-reactive ketones (excluding diaryl/α,β-unsaturated/α-hetero) is 1. The summed E-state index contributed by atoms with van der Waals surface area (Å²) in [6, 6.07) is 19.7. The lowest BCUT2D eigenvalue weighted by atomic mass is 10.0. The molecular formula is C27H20O5. The van der Waals surface area contributed by atoms with E-state index in [4.69, 9.17) is 14.2 Å². The van der Waals surface area contributed by atoms with Crippen molar-refractivity contribution >= 4 is 17.8 Å². The highest BCUT2D eigenvalue weighted by Crippen LogP contribution is 2.36. The normalized spacial score (nSPS) is 17.7. The van der Waals surface area contributed by atoms with E-state index in [1.165, 1.54) is 0 Å². The number of ketones is 1. The summed E-state index contributed by atoms with van der Waals surface area (Å²) in [6.07, 6.45) is 3.48. The van der Waals surface area contributed by atoms with Crippen molar-refractivity contribution < 1.29 is 23.8 Å². The summed E-state index contributed by atoms with van der Waals surface area (Å²) in [5.74, 6) is 1.02. The van der Waals surface area contributed by atoms with Gasteiger partial charge in [0.2, 0.25) is 5.78 Å². The molecule has 0 N–H and O–H groups in total. The molecule has 2 heterocycles. The van der Waals surface area contributed by atoms with Gasteiger partial charge in [0.25, 0.3) is 0 Å². The summed E-state index contributed by atoms with van der Waals surface area (Å²) in [5, 5.41) is 0. The lowest BCUT2D eigenvalue weighted by Gasteiger charge is -2.22. The maximum Gasteiger partial charge on any atom is 0.343 e. The number of esters is 1. The van der Waals surface area contributed by atoms with Crippen LogP contribution in [-0.2, 0) is 0 Å². The molecule has 5 rings (SSSR count). The van der Waals surface area contributed by atoms with Gasteiger partial charge in [0.05, 0.1) is 11.1 Å². The topological polar surface area (TPSA) is 61.8 Å². The Morgan fingerprint density at radius 2 is 1.78 bits per heavy atom. The van der Waals surface area contributed by atoms with Crippen LogP contribution in [0.1, 0.15) is 38.8 Å². The van der Waals surface area contributed by atoms with Gasteiger partial charge in [-0.3, -0.25) is 4.79 Å². The van der Waals surface area contributed by atoms with Gasteiger partial charge in [-0.25, -0.2) is 4.79 Å². The summed E-state index contributed by atoms with van der Waals surface area (Å²) in [7, 11) is 0. The van der Waals surface area contributed by atoms with Crippen LogP contribution >= 0.6 is 0 Å². The Hall–Kier alpha value is -4.12. The summed E-state index contributed by atoms with van der Waals surface area (Å²) in [4.78, 5) is 25.4. The SMILES string of the molecule is Cc1ccccc1C(=O)Oc1ccc2c(c1)O/C(=C\C1=Cc3ccccc3O[C@@H]1C)C2=O. The van der Waals surface area contributed by atoms with Gasteiger partial charge in [0.1, 0.15) is 23.4 Å². The van der Waals surface area contributed by atoms with Crippen molar-refractivity contribution in [3.63, 3.8) is 0 Å². The van der Waals surface area contributed by atoms with Crippen LogP contribution in [0.25, 0.3) is 6.08 Å². The van der Waals surface area contributed by atoms with Crippen LogP contribution in [0.15, 0.2) is 84.1 Å². The van der Waals surface area contributed by atoms with Crippen molar-refractivity contribution in [3.8, 4) is 17.2 Å². The van der Waals surface area contributed by atoms with Crippen molar-refractivity contribution in [1.29, 1.82) is 0 Å². The van der Waals surface area contributed by atoms with Crippen LogP contribution in [0.4, 0.5) is 0 Å². The third-order valence-electron chi connectivity index (χ3n) is 5.53. The maximum absolute atomic E-state index is 12.9. The maximum atomic E-state index is 12.9. The first-order valence-corrected chi connectivity index (χ1v) is 10.3. The van der Waals surface area contributed by atoms with Crippen LogP contribution < -0.4 is 14.2 Å². The fraction of sp³-hybridized carbons (Fsp3) is 0.111. The van der Waals surface area contributed by atoms with Crippen molar-refractivity contribution in [1.82, 2.24) is 0 Å². The predicted molar refractivity (Wildman–Crippen MR) is 120 cm³/mol. The fourth-order valence-corrected chi connectivity index (χ4v) is 3.77. The van der Waals surface area contributed by atoms with Crippen LogP contribution in [0.2, 0.25) is 0 Å². The number of ether oxygens (including phenoxy) is 3. The van der Waals surface area contributed by atoms with Gasteiger partial charge in [0.15, 0.2) is 5.76 Å². The third kappa shape index (κ3) is 3.58. The Kier molecular flexibility index (Phi) is 4.86. The monoisotopic (exact) mass is 424 g/mol. The van der Waals surface area contributed by atoms with Gasteiger partial charge in [-0.1, -0.05) is 36.4 Å². The average Bonchev–Trinajstić information content (AvgIpc) is 3.09. The van der Waals surface area contributed by atoms with Crippen molar-refractivity contribution in [2.45, 2.75) is 20.0 Å². The standard InChI is InChI=1S/C27H20O5/c1-16-7-3-5-9-21(16)27(29)31-20-11-12-22-24(15-20)32-25(26(22)28)14-19-13-18-8-4-6-10-23(18)30-17(19)2/h3-15,17H,1-2H3/b25-14-/t17-/m1/s1. The second kappa shape index (κ2) is 7.85. The van der Waals surface area contributed by atoms with Crippen LogP contribution in [0.3, 0.4) is 0 Å². The molecule has 5 heteroatoms. The molecule has 3 aromatic carbocycles. The van der Waals surface area contributed by atoms with E-state index in [-0.39, 0.29) is 17.6 Å². The molecule has 0 bridgehead atoms. The number of aryl methyl sites for hydroxylation is 1. The number of benzene rings is 3. The first-order valence-electron chi connectivity index (χ1n) is 10.3. The van der Waals surface area contributed by atoms with E-state index in [0.717, 1.165) is 22.4 Å². The van der Waals surface area contributed by atoms with Gasteiger partial charge in [-0.05, 0) is 61.4 Å². The molecule has 0 spiro atoms. The van der Waals surface area contributed by atoms with Crippen molar-refractivity contribution in [3.05, 3.63) is 106 Å². The number of carbonyl (C=O) groups excluding carboxylic acids is 2. The number of hydrogen-bond acceptors (Lipinski definition) is 5. The third-order valence-corrected chi connectivity index (χ3v) is 5.53. The number of fused-ring (bicyclic) bond motifs is 2. The Morgan fingerprint density at radius 1 is 1.00 bits per heavy atom. The Labute approximate surface area is 185 Å². The highest BCUT2D eigenvalue weighted by Gasteiger charge is 2.29. The van der Waals surface area contributed by atoms with E-state index in [2.05, 4.69) is 0 Å². The Balaban J connectivity index is 1.39. The molecule has 158 valence electrons. The molecule has 0 amide bonds. The molecule has 0 saturated heterocycles. The van der Waals surface area contributed by atoms with Gasteiger partial charge < -0.3 is 14.2 Å². The minimum Gasteiger partial charge on any atom is -0.485 e. The molecule has 0 radical (unpaired) electrons. The van der Waals surface area contributed by atoms with E-state index in [0.29, 0.717) is 22.6 Å². The molecule has 3 aromatic rings. The van der Waals surface area contributed by atoms with Crippen LogP contribution in [0, 0.1) is 6.92 Å². The van der Waals surface area contributed by atoms with Crippen LogP contribution in [-0.4, -0.2) is 17.9 Å². The zero-order valence-corrected chi connectivity index (χ0v) is 17.6. The molecule has 0 aliphatic carbocycles. The highest BCUT2D eigenvalue weighted by atomic mass is 16.5. The average molecular weight is 424 g/mol. The molecule has 0 fully saturated rings. The number of rotatable bonds is 3. The second-order valence-electron chi connectivity index (χ2n) is 7.74. The molecule has 32 heavy (non-hydrogen) atoms. The van der Waals surface area contributed by atoms with Crippen LogP contribution in [0.5, 0.6) is 17.2 Å². The lowest BCUT2D eigenvalue weighted by molar-refractivity contribution is 0.0733. The first kappa shape index (κ1) is 19.8. The predicted octanol–water partition coefficient (Wildman–Crippen LogP) is 5.54. The van der Waals surface area contributed by atoms with E-state index >= 15 is 0 Å². The molecule has 0 aromatic heterocycles. The minimum absolute atomic E-state index is 0.212. The number of hydrogen-bond donors (Lipinski definition) is 0. The molecule has 1 atom stereocenters. The smallest absolute Gasteiger partial charge is 0.343 e. The summed E-state index contributed by atoms with van der Waals surface area (Å²) >= 11 is 0. The highest BCUT2D eigenvalue weighted by molar-refractivity contribution is 6.12. The van der Waals surface area contributed by atoms with Gasteiger partial charge >= 0.3 is 5.97 Å². The quantitative estimate of drug-likeness (QED) is 0.314. The molecule has 5 nitrogen and oxygen atoms in total.